The fourth-order valence-electron chi connectivity index (χ4n) is 2.41. The van der Waals surface area contributed by atoms with E-state index in [4.69, 9.17) is 0 Å². The van der Waals surface area contributed by atoms with Crippen LogP contribution in [0, 0.1) is 13.8 Å². The van der Waals surface area contributed by atoms with Gasteiger partial charge in [-0.25, -0.2) is 0 Å². The zero-order valence-corrected chi connectivity index (χ0v) is 17.1. The Labute approximate surface area is 146 Å². The van der Waals surface area contributed by atoms with Crippen molar-refractivity contribution in [1.29, 1.82) is 0 Å². The van der Waals surface area contributed by atoms with E-state index in [2.05, 4.69) is 52.1 Å². The molecule has 0 unspecified atom stereocenters. The summed E-state index contributed by atoms with van der Waals surface area (Å²) >= 11 is 1.71. The molecule has 1 N–H and O–H groups in total. The number of carbonyl (C=O) groups is 1. The van der Waals surface area contributed by atoms with Gasteiger partial charge in [-0.3, -0.25) is 4.79 Å². The predicted octanol–water partition coefficient (Wildman–Crippen LogP) is 5.14. The molecule has 1 aromatic carbocycles. The van der Waals surface area contributed by atoms with E-state index in [9.17, 15) is 4.79 Å². The van der Waals surface area contributed by atoms with E-state index < -0.39 is 0 Å². The molecule has 1 rings (SSSR count). The van der Waals surface area contributed by atoms with Gasteiger partial charge in [0.25, 0.3) is 0 Å². The quantitative estimate of drug-likeness (QED) is 0.825. The summed E-state index contributed by atoms with van der Waals surface area (Å²) in [4.78, 5) is 12.2. The van der Waals surface area contributed by atoms with Crippen LogP contribution in [0.3, 0.4) is 0 Å². The van der Waals surface area contributed by atoms with Crippen LogP contribution in [0.5, 0.6) is 0 Å². The standard InChI is InChI=1S/C20H33NOS/c1-13-10-16(19(4,5)6)11-14(2)17(13)12-23-15(3)18(22)21-20(7,8)9/h10-11,15H,12H2,1-9H3,(H,21,22)/t15-/m0/s1. The molecule has 0 heterocycles. The molecule has 0 spiro atoms. The van der Waals surface area contributed by atoms with E-state index in [1.807, 2.05) is 27.7 Å². The van der Waals surface area contributed by atoms with Gasteiger partial charge >= 0.3 is 0 Å². The molecular weight excluding hydrogens is 302 g/mol. The molecular formula is C20H33NOS. The second-order valence-corrected chi connectivity index (χ2v) is 9.86. The van der Waals surface area contributed by atoms with E-state index in [1.165, 1.54) is 22.3 Å². The van der Waals surface area contributed by atoms with Gasteiger partial charge in [-0.1, -0.05) is 32.9 Å². The monoisotopic (exact) mass is 335 g/mol. The van der Waals surface area contributed by atoms with Crippen LogP contribution >= 0.6 is 11.8 Å². The number of aryl methyl sites for hydroxylation is 2. The molecule has 0 saturated carbocycles. The highest BCUT2D eigenvalue weighted by atomic mass is 32.2. The summed E-state index contributed by atoms with van der Waals surface area (Å²) in [6, 6.07) is 4.59. The van der Waals surface area contributed by atoms with Gasteiger partial charge in [-0.2, -0.15) is 0 Å². The molecule has 130 valence electrons. The van der Waals surface area contributed by atoms with Gasteiger partial charge in [0.1, 0.15) is 0 Å². The van der Waals surface area contributed by atoms with Crippen molar-refractivity contribution in [2.75, 3.05) is 0 Å². The van der Waals surface area contributed by atoms with E-state index in [1.54, 1.807) is 11.8 Å². The fraction of sp³-hybridized carbons (Fsp3) is 0.650. The van der Waals surface area contributed by atoms with E-state index in [-0.39, 0.29) is 22.1 Å². The van der Waals surface area contributed by atoms with Crippen LogP contribution in [0.1, 0.15) is 70.7 Å². The molecule has 1 atom stereocenters. The average Bonchev–Trinajstić information content (AvgIpc) is 2.33. The van der Waals surface area contributed by atoms with Crippen LogP contribution < -0.4 is 5.32 Å². The van der Waals surface area contributed by atoms with Gasteiger partial charge in [-0.15, -0.1) is 11.8 Å². The topological polar surface area (TPSA) is 29.1 Å². The van der Waals surface area contributed by atoms with Gasteiger partial charge < -0.3 is 5.32 Å². The number of rotatable bonds is 4. The molecule has 3 heteroatoms. The van der Waals surface area contributed by atoms with Crippen molar-refractivity contribution in [2.24, 2.45) is 0 Å². The zero-order valence-electron chi connectivity index (χ0n) is 16.3. The minimum Gasteiger partial charge on any atom is -0.351 e. The number of thioether (sulfide) groups is 1. The minimum absolute atomic E-state index is 0.0460. The van der Waals surface area contributed by atoms with Crippen LogP contribution in [0.2, 0.25) is 0 Å². The van der Waals surface area contributed by atoms with E-state index in [0.29, 0.717) is 0 Å². The van der Waals surface area contributed by atoms with Gasteiger partial charge in [0.15, 0.2) is 0 Å². The average molecular weight is 336 g/mol. The molecule has 0 saturated heterocycles. The lowest BCUT2D eigenvalue weighted by atomic mass is 9.84. The summed E-state index contributed by atoms with van der Waals surface area (Å²) in [5, 5.41) is 3.01. The van der Waals surface area contributed by atoms with Crippen molar-refractivity contribution >= 4 is 17.7 Å². The summed E-state index contributed by atoms with van der Waals surface area (Å²) in [5.74, 6) is 0.991. The first-order valence-corrected chi connectivity index (χ1v) is 9.40. The first-order valence-electron chi connectivity index (χ1n) is 8.35. The fourth-order valence-corrected chi connectivity index (χ4v) is 3.49. The summed E-state index contributed by atoms with van der Waals surface area (Å²) in [6.45, 7) is 19.1. The third-order valence-corrected chi connectivity index (χ3v) is 5.08. The van der Waals surface area contributed by atoms with E-state index in [0.717, 1.165) is 5.75 Å². The molecule has 1 aromatic rings. The Bertz CT molecular complexity index is 541. The molecule has 23 heavy (non-hydrogen) atoms. The second-order valence-electron chi connectivity index (χ2n) is 8.53. The highest BCUT2D eigenvalue weighted by Crippen LogP contribution is 2.29. The van der Waals surface area contributed by atoms with Crippen molar-refractivity contribution in [2.45, 2.75) is 84.3 Å². The lowest BCUT2D eigenvalue weighted by Gasteiger charge is -2.24. The Balaban J connectivity index is 2.81. The first kappa shape index (κ1) is 20.1. The second kappa shape index (κ2) is 7.29. The number of hydrogen-bond donors (Lipinski definition) is 1. The maximum atomic E-state index is 12.2. The van der Waals surface area contributed by atoms with Crippen LogP contribution in [-0.2, 0) is 16.0 Å². The van der Waals surface area contributed by atoms with Crippen LogP contribution in [0.4, 0.5) is 0 Å². The van der Waals surface area contributed by atoms with Gasteiger partial charge in [0.2, 0.25) is 5.91 Å². The molecule has 0 radical (unpaired) electrons. The lowest BCUT2D eigenvalue weighted by molar-refractivity contribution is -0.121. The highest BCUT2D eigenvalue weighted by molar-refractivity contribution is 7.99. The maximum absolute atomic E-state index is 12.2. The Hall–Kier alpha value is -0.960. The van der Waals surface area contributed by atoms with Crippen LogP contribution in [0.15, 0.2) is 12.1 Å². The molecule has 0 bridgehead atoms. The normalized spacial score (nSPS) is 13.8. The third kappa shape index (κ3) is 6.21. The van der Waals surface area contributed by atoms with Gasteiger partial charge in [0, 0.05) is 11.3 Å². The van der Waals surface area contributed by atoms with Crippen molar-refractivity contribution < 1.29 is 4.79 Å². The van der Waals surface area contributed by atoms with Crippen LogP contribution in [-0.4, -0.2) is 16.7 Å². The van der Waals surface area contributed by atoms with Crippen molar-refractivity contribution in [1.82, 2.24) is 5.32 Å². The van der Waals surface area contributed by atoms with Gasteiger partial charge in [-0.05, 0) is 69.2 Å². The van der Waals surface area contributed by atoms with Crippen molar-refractivity contribution in [3.63, 3.8) is 0 Å². The highest BCUT2D eigenvalue weighted by Gasteiger charge is 2.21. The molecule has 0 aliphatic carbocycles. The first-order chi connectivity index (χ1) is 10.3. The molecule has 0 aliphatic rings. The Morgan fingerprint density at radius 2 is 1.57 bits per heavy atom. The number of amides is 1. The molecule has 1 amide bonds. The summed E-state index contributed by atoms with van der Waals surface area (Å²) in [5.41, 5.74) is 5.38. The van der Waals surface area contributed by atoms with Crippen molar-refractivity contribution in [3.05, 3.63) is 34.4 Å². The SMILES string of the molecule is Cc1cc(C(C)(C)C)cc(C)c1CS[C@@H](C)C(=O)NC(C)(C)C. The van der Waals surface area contributed by atoms with E-state index >= 15 is 0 Å². The number of hydrogen-bond acceptors (Lipinski definition) is 2. The predicted molar refractivity (Wildman–Crippen MR) is 103 cm³/mol. The molecule has 0 aliphatic heterocycles. The Morgan fingerprint density at radius 1 is 1.09 bits per heavy atom. The largest absolute Gasteiger partial charge is 0.351 e. The molecule has 2 nitrogen and oxygen atoms in total. The maximum Gasteiger partial charge on any atom is 0.233 e. The summed E-state index contributed by atoms with van der Waals surface area (Å²) in [7, 11) is 0. The molecule has 0 aromatic heterocycles. The lowest BCUT2D eigenvalue weighted by Crippen LogP contribution is -2.44. The number of carbonyl (C=O) groups excluding carboxylic acids is 1. The van der Waals surface area contributed by atoms with Crippen LogP contribution in [0.25, 0.3) is 0 Å². The smallest absolute Gasteiger partial charge is 0.233 e. The Morgan fingerprint density at radius 3 is 1.96 bits per heavy atom. The number of nitrogens with one attached hydrogen (secondary N) is 1. The van der Waals surface area contributed by atoms with Gasteiger partial charge in [0.05, 0.1) is 5.25 Å². The Kier molecular flexibility index (Phi) is 6.37. The zero-order chi connectivity index (χ0) is 18.0. The number of benzene rings is 1. The summed E-state index contributed by atoms with van der Waals surface area (Å²) < 4.78 is 0. The van der Waals surface area contributed by atoms with Crippen molar-refractivity contribution in [3.8, 4) is 0 Å². The third-order valence-electron chi connectivity index (χ3n) is 3.91. The summed E-state index contributed by atoms with van der Waals surface area (Å²) in [6.07, 6.45) is 0. The molecule has 0 fully saturated rings. The minimum atomic E-state index is -0.175.